The average Bonchev–Trinajstić information content (AvgIpc) is 2.79. The first-order chi connectivity index (χ1) is 11.8. The topological polar surface area (TPSA) is 3.24 Å². The van der Waals surface area contributed by atoms with Crippen LogP contribution in [0.15, 0.2) is 48.0 Å². The van der Waals surface area contributed by atoms with Gasteiger partial charge in [0.25, 0.3) is 0 Å². The zero-order chi connectivity index (χ0) is 16.5. The Kier molecular flexibility index (Phi) is 4.59. The molecule has 2 heteroatoms. The number of hydrogen-bond acceptors (Lipinski definition) is 1. The smallest absolute Gasteiger partial charge is 0.0247 e. The lowest BCUT2D eigenvalue weighted by atomic mass is 9.86. The molecule has 2 aromatic rings. The molecule has 1 aliphatic heterocycles. The lowest BCUT2D eigenvalue weighted by Gasteiger charge is -2.27. The van der Waals surface area contributed by atoms with Gasteiger partial charge in [-0.25, -0.2) is 0 Å². The van der Waals surface area contributed by atoms with Gasteiger partial charge in [-0.3, -0.25) is 0 Å². The Labute approximate surface area is 158 Å². The molecule has 1 saturated heterocycles. The van der Waals surface area contributed by atoms with Crippen LogP contribution in [0, 0.1) is 0 Å². The molecule has 0 amide bonds. The van der Waals surface area contributed by atoms with Crippen LogP contribution in [0.1, 0.15) is 40.7 Å². The fourth-order valence-electron chi connectivity index (χ4n) is 3.77. The molecular formula is C22H22IN. The highest BCUT2D eigenvalue weighted by molar-refractivity contribution is 14.1. The van der Waals surface area contributed by atoms with E-state index in [1.807, 2.05) is 0 Å². The second-order valence-corrected chi connectivity index (χ2v) is 7.52. The minimum absolute atomic E-state index is 1.06. The highest BCUT2D eigenvalue weighted by Crippen LogP contribution is 2.39. The van der Waals surface area contributed by atoms with Gasteiger partial charge in [0.05, 0.1) is 0 Å². The maximum absolute atomic E-state index is 2.45. The lowest BCUT2D eigenvalue weighted by molar-refractivity contribution is 0.313. The van der Waals surface area contributed by atoms with E-state index in [1.165, 1.54) is 46.2 Å². The summed E-state index contributed by atoms with van der Waals surface area (Å²) in [6.07, 6.45) is 6.93. The highest BCUT2D eigenvalue weighted by atomic mass is 127. The minimum Gasteiger partial charge on any atom is -0.306 e. The van der Waals surface area contributed by atoms with Crippen LogP contribution in [0.25, 0.3) is 17.7 Å². The molecule has 1 fully saturated rings. The molecule has 0 N–H and O–H groups in total. The normalized spacial score (nSPS) is 17.4. The van der Waals surface area contributed by atoms with E-state index in [4.69, 9.17) is 0 Å². The van der Waals surface area contributed by atoms with Crippen LogP contribution < -0.4 is 0 Å². The van der Waals surface area contributed by atoms with E-state index in [-0.39, 0.29) is 0 Å². The van der Waals surface area contributed by atoms with Gasteiger partial charge in [0.1, 0.15) is 0 Å². The molecule has 0 bridgehead atoms. The molecule has 0 spiro atoms. The van der Waals surface area contributed by atoms with E-state index >= 15 is 0 Å². The number of hydrogen-bond donors (Lipinski definition) is 0. The van der Waals surface area contributed by atoms with Gasteiger partial charge >= 0.3 is 0 Å². The SMILES string of the molecule is CN1CCC(=C2c3ccccc3C=Cc3cc(CI)ccc32)CC1. The van der Waals surface area contributed by atoms with E-state index in [1.54, 1.807) is 5.57 Å². The van der Waals surface area contributed by atoms with Crippen molar-refractivity contribution in [1.82, 2.24) is 4.90 Å². The van der Waals surface area contributed by atoms with Gasteiger partial charge in [-0.15, -0.1) is 0 Å². The molecule has 4 rings (SSSR count). The van der Waals surface area contributed by atoms with Crippen molar-refractivity contribution in [3.63, 3.8) is 0 Å². The number of fused-ring (bicyclic) bond motifs is 2. The van der Waals surface area contributed by atoms with Crippen LogP contribution in [0.2, 0.25) is 0 Å². The van der Waals surface area contributed by atoms with Gasteiger partial charge < -0.3 is 4.90 Å². The van der Waals surface area contributed by atoms with Crippen molar-refractivity contribution in [2.75, 3.05) is 20.1 Å². The van der Waals surface area contributed by atoms with Gasteiger partial charge in [0.15, 0.2) is 0 Å². The first-order valence-electron chi connectivity index (χ1n) is 8.63. The first-order valence-corrected chi connectivity index (χ1v) is 10.2. The van der Waals surface area contributed by atoms with Gasteiger partial charge in [-0.05, 0) is 53.3 Å². The van der Waals surface area contributed by atoms with Gasteiger partial charge in [-0.2, -0.15) is 0 Å². The minimum atomic E-state index is 1.06. The Bertz CT molecular complexity index is 822. The number of halogens is 1. The van der Waals surface area contributed by atoms with Crippen molar-refractivity contribution in [1.29, 1.82) is 0 Å². The Balaban J connectivity index is 1.95. The van der Waals surface area contributed by atoms with Crippen molar-refractivity contribution in [3.05, 3.63) is 75.9 Å². The predicted octanol–water partition coefficient (Wildman–Crippen LogP) is 5.63. The van der Waals surface area contributed by atoms with Crippen molar-refractivity contribution in [3.8, 4) is 0 Å². The zero-order valence-electron chi connectivity index (χ0n) is 14.1. The number of piperidine rings is 1. The second kappa shape index (κ2) is 6.85. The monoisotopic (exact) mass is 427 g/mol. The number of nitrogens with zero attached hydrogens (tertiary/aromatic N) is 1. The van der Waals surface area contributed by atoms with E-state index in [2.05, 4.69) is 89.2 Å². The van der Waals surface area contributed by atoms with E-state index < -0.39 is 0 Å². The van der Waals surface area contributed by atoms with Crippen LogP contribution >= 0.6 is 22.6 Å². The van der Waals surface area contributed by atoms with Gasteiger partial charge in [0.2, 0.25) is 0 Å². The third kappa shape index (κ3) is 2.98. The summed E-state index contributed by atoms with van der Waals surface area (Å²) < 4.78 is 1.06. The van der Waals surface area contributed by atoms with Gasteiger partial charge in [0, 0.05) is 17.5 Å². The van der Waals surface area contributed by atoms with Crippen molar-refractivity contribution in [2.45, 2.75) is 17.3 Å². The van der Waals surface area contributed by atoms with Crippen molar-refractivity contribution in [2.24, 2.45) is 0 Å². The van der Waals surface area contributed by atoms with Crippen molar-refractivity contribution < 1.29 is 0 Å². The fourth-order valence-corrected chi connectivity index (χ4v) is 4.25. The van der Waals surface area contributed by atoms with Crippen molar-refractivity contribution >= 4 is 40.3 Å². The largest absolute Gasteiger partial charge is 0.306 e. The standard InChI is InChI=1S/C22H22IN/c1-24-12-10-18(11-13-24)22-20-5-3-2-4-17(20)7-8-19-14-16(15-23)6-9-21(19)22/h2-9,14H,10-13,15H2,1H3. The summed E-state index contributed by atoms with van der Waals surface area (Å²) in [5, 5.41) is 0. The van der Waals surface area contributed by atoms with Crippen LogP contribution in [-0.2, 0) is 4.43 Å². The van der Waals surface area contributed by atoms with E-state index in [0.717, 1.165) is 17.5 Å². The quantitative estimate of drug-likeness (QED) is 0.359. The molecular weight excluding hydrogens is 405 g/mol. The third-order valence-electron chi connectivity index (χ3n) is 5.16. The summed E-state index contributed by atoms with van der Waals surface area (Å²) in [5.74, 6) is 0. The summed E-state index contributed by atoms with van der Waals surface area (Å²) in [7, 11) is 2.23. The zero-order valence-corrected chi connectivity index (χ0v) is 16.2. The van der Waals surface area contributed by atoms with Gasteiger partial charge in [-0.1, -0.05) is 82.8 Å². The first kappa shape index (κ1) is 16.1. The number of likely N-dealkylation sites (tertiary alicyclic amines) is 1. The molecule has 0 aromatic heterocycles. The summed E-state index contributed by atoms with van der Waals surface area (Å²) in [4.78, 5) is 2.44. The molecule has 122 valence electrons. The number of rotatable bonds is 1. The van der Waals surface area contributed by atoms with Crippen LogP contribution in [-0.4, -0.2) is 25.0 Å². The molecule has 24 heavy (non-hydrogen) atoms. The maximum atomic E-state index is 2.45. The number of alkyl halides is 1. The Morgan fingerprint density at radius 2 is 1.62 bits per heavy atom. The third-order valence-corrected chi connectivity index (χ3v) is 6.04. The Morgan fingerprint density at radius 3 is 2.42 bits per heavy atom. The maximum Gasteiger partial charge on any atom is 0.0247 e. The second-order valence-electron chi connectivity index (χ2n) is 6.76. The molecule has 1 heterocycles. The molecule has 0 radical (unpaired) electrons. The molecule has 2 aliphatic rings. The molecule has 1 nitrogen and oxygen atoms in total. The Hall–Kier alpha value is -1.39. The molecule has 1 aliphatic carbocycles. The number of benzene rings is 2. The lowest BCUT2D eigenvalue weighted by Crippen LogP contribution is -2.27. The van der Waals surface area contributed by atoms with Crippen LogP contribution in [0.5, 0.6) is 0 Å². The van der Waals surface area contributed by atoms with E-state index in [9.17, 15) is 0 Å². The summed E-state index contributed by atoms with van der Waals surface area (Å²) in [6.45, 7) is 2.32. The Morgan fingerprint density at radius 1 is 0.917 bits per heavy atom. The average molecular weight is 427 g/mol. The van der Waals surface area contributed by atoms with Crippen LogP contribution in [0.3, 0.4) is 0 Å². The molecule has 0 unspecified atom stereocenters. The van der Waals surface area contributed by atoms with Crippen LogP contribution in [0.4, 0.5) is 0 Å². The highest BCUT2D eigenvalue weighted by Gasteiger charge is 2.21. The summed E-state index contributed by atoms with van der Waals surface area (Å²) in [6, 6.07) is 15.9. The van der Waals surface area contributed by atoms with E-state index in [0.29, 0.717) is 0 Å². The molecule has 0 atom stereocenters. The summed E-state index contributed by atoms with van der Waals surface area (Å²) >= 11 is 2.45. The fraction of sp³-hybridized carbons (Fsp3) is 0.273. The summed E-state index contributed by atoms with van der Waals surface area (Å²) in [5.41, 5.74) is 10.0. The molecule has 0 saturated carbocycles. The predicted molar refractivity (Wildman–Crippen MR) is 112 cm³/mol. The molecule has 2 aromatic carbocycles.